The van der Waals surface area contributed by atoms with Gasteiger partial charge < -0.3 is 4.90 Å². The van der Waals surface area contributed by atoms with Crippen molar-refractivity contribution in [3.8, 4) is 0 Å². The summed E-state index contributed by atoms with van der Waals surface area (Å²) in [5, 5.41) is 0. The molecule has 0 aromatic heterocycles. The molecule has 2 heterocycles. The lowest BCUT2D eigenvalue weighted by Gasteiger charge is -2.36. The van der Waals surface area contributed by atoms with Crippen LogP contribution in [0.2, 0.25) is 0 Å². The van der Waals surface area contributed by atoms with Crippen molar-refractivity contribution in [3.05, 3.63) is 28.8 Å². The van der Waals surface area contributed by atoms with E-state index in [0.29, 0.717) is 6.42 Å². The second kappa shape index (κ2) is 6.65. The summed E-state index contributed by atoms with van der Waals surface area (Å²) in [5.74, 6) is -0.127. The zero-order valence-electron chi connectivity index (χ0n) is 15.1. The van der Waals surface area contributed by atoms with Gasteiger partial charge in [0.2, 0.25) is 5.91 Å². The Kier molecular flexibility index (Phi) is 4.74. The van der Waals surface area contributed by atoms with Crippen LogP contribution in [0.4, 0.5) is 5.69 Å². The Hall–Kier alpha value is -1.72. The highest BCUT2D eigenvalue weighted by Gasteiger charge is 2.44. The number of aryl methyl sites for hydroxylation is 3. The average Bonchev–Trinajstić information content (AvgIpc) is 2.82. The lowest BCUT2D eigenvalue weighted by atomic mass is 10.0. The van der Waals surface area contributed by atoms with Gasteiger partial charge in [0.25, 0.3) is 5.91 Å². The van der Waals surface area contributed by atoms with Crippen LogP contribution in [-0.4, -0.2) is 60.4 Å². The highest BCUT2D eigenvalue weighted by Crippen LogP contribution is 2.32. The molecule has 130 valence electrons. The molecule has 0 radical (unpaired) electrons. The minimum Gasteiger partial charge on any atom is -0.301 e. The fraction of sp³-hybridized carbons (Fsp3) is 0.579. The fourth-order valence-electron chi connectivity index (χ4n) is 4.05. The zero-order valence-corrected chi connectivity index (χ0v) is 15.1. The van der Waals surface area contributed by atoms with Crippen molar-refractivity contribution in [1.29, 1.82) is 0 Å². The van der Waals surface area contributed by atoms with Gasteiger partial charge in [0, 0.05) is 26.2 Å². The van der Waals surface area contributed by atoms with Crippen LogP contribution in [0.25, 0.3) is 0 Å². The topological polar surface area (TPSA) is 43.9 Å². The van der Waals surface area contributed by atoms with E-state index in [9.17, 15) is 9.59 Å². The number of benzene rings is 1. The quantitative estimate of drug-likeness (QED) is 0.794. The Balaban J connectivity index is 1.83. The van der Waals surface area contributed by atoms with Crippen LogP contribution < -0.4 is 4.90 Å². The first-order valence-corrected chi connectivity index (χ1v) is 8.83. The van der Waals surface area contributed by atoms with Crippen molar-refractivity contribution in [3.63, 3.8) is 0 Å². The van der Waals surface area contributed by atoms with Gasteiger partial charge in [-0.3, -0.25) is 14.5 Å². The Morgan fingerprint density at radius 3 is 2.12 bits per heavy atom. The predicted molar refractivity (Wildman–Crippen MR) is 95.2 cm³/mol. The Morgan fingerprint density at radius 1 is 1.00 bits per heavy atom. The van der Waals surface area contributed by atoms with Crippen LogP contribution in [0.3, 0.4) is 0 Å². The number of hydrogen-bond acceptors (Lipinski definition) is 4. The van der Waals surface area contributed by atoms with Crippen molar-refractivity contribution in [1.82, 2.24) is 9.80 Å². The molecule has 0 unspecified atom stereocenters. The summed E-state index contributed by atoms with van der Waals surface area (Å²) in [7, 11) is 0. The number of amides is 2. The van der Waals surface area contributed by atoms with Crippen LogP contribution in [-0.2, 0) is 9.59 Å². The van der Waals surface area contributed by atoms with Crippen molar-refractivity contribution < 1.29 is 9.59 Å². The number of carbonyl (C=O) groups is 2. The number of nitrogens with zero attached hydrogens (tertiary/aromatic N) is 3. The van der Waals surface area contributed by atoms with Gasteiger partial charge in [-0.15, -0.1) is 0 Å². The van der Waals surface area contributed by atoms with Gasteiger partial charge in [0.05, 0.1) is 18.2 Å². The van der Waals surface area contributed by atoms with Crippen molar-refractivity contribution in [2.45, 2.75) is 40.2 Å². The molecule has 2 amide bonds. The summed E-state index contributed by atoms with van der Waals surface area (Å²) in [6.07, 6.45) is 0.303. The second-order valence-corrected chi connectivity index (χ2v) is 7.00. The maximum Gasteiger partial charge on any atom is 0.251 e. The molecule has 2 saturated heterocycles. The summed E-state index contributed by atoms with van der Waals surface area (Å²) in [6.45, 7) is 12.8. The SMILES string of the molecule is CCN1CCN([C@@H]2CC(=O)N(c3c(C)cc(C)cc3C)C2=O)CC1. The van der Waals surface area contributed by atoms with Crippen molar-refractivity contribution >= 4 is 17.5 Å². The summed E-state index contributed by atoms with van der Waals surface area (Å²) in [4.78, 5) is 31.6. The molecular weight excluding hydrogens is 302 g/mol. The highest BCUT2D eigenvalue weighted by molar-refractivity contribution is 6.23. The number of rotatable bonds is 3. The maximum absolute atomic E-state index is 13.0. The minimum absolute atomic E-state index is 0.0556. The van der Waals surface area contributed by atoms with Crippen molar-refractivity contribution in [2.24, 2.45) is 0 Å². The third-order valence-corrected chi connectivity index (χ3v) is 5.28. The Labute approximate surface area is 144 Å². The summed E-state index contributed by atoms with van der Waals surface area (Å²) in [5.41, 5.74) is 3.92. The van der Waals surface area contributed by atoms with Crippen LogP contribution in [0.5, 0.6) is 0 Å². The normalized spacial score (nSPS) is 23.3. The average molecular weight is 329 g/mol. The lowest BCUT2D eigenvalue weighted by molar-refractivity contribution is -0.123. The third kappa shape index (κ3) is 2.98. The number of hydrogen-bond donors (Lipinski definition) is 0. The maximum atomic E-state index is 13.0. The number of carbonyl (C=O) groups excluding carboxylic acids is 2. The van der Waals surface area contributed by atoms with E-state index in [2.05, 4.69) is 16.7 Å². The molecule has 2 aliphatic rings. The molecule has 1 aromatic rings. The number of piperazine rings is 1. The van der Waals surface area contributed by atoms with E-state index in [1.807, 2.05) is 32.9 Å². The van der Waals surface area contributed by atoms with Gasteiger partial charge in [0.1, 0.15) is 0 Å². The zero-order chi connectivity index (χ0) is 17.4. The van der Waals surface area contributed by atoms with E-state index in [1.165, 1.54) is 4.90 Å². The molecule has 0 spiro atoms. The Bertz CT molecular complexity index is 640. The molecule has 0 saturated carbocycles. The van der Waals surface area contributed by atoms with Gasteiger partial charge in [-0.2, -0.15) is 0 Å². The standard InChI is InChI=1S/C19H27N3O2/c1-5-20-6-8-21(9-7-20)16-12-17(23)22(19(16)24)18-14(3)10-13(2)11-15(18)4/h10-11,16H,5-9,12H2,1-4H3/t16-/m1/s1. The van der Waals surface area contributed by atoms with E-state index in [-0.39, 0.29) is 17.9 Å². The molecule has 2 aliphatic heterocycles. The van der Waals surface area contributed by atoms with Crippen molar-refractivity contribution in [2.75, 3.05) is 37.6 Å². The molecular formula is C19H27N3O2. The molecule has 2 fully saturated rings. The van der Waals surface area contributed by atoms with Crippen LogP contribution in [0.1, 0.15) is 30.0 Å². The van der Waals surface area contributed by atoms with Gasteiger partial charge in [0.15, 0.2) is 0 Å². The molecule has 5 heteroatoms. The summed E-state index contributed by atoms with van der Waals surface area (Å²) in [6, 6.07) is 3.78. The van der Waals surface area contributed by atoms with Gasteiger partial charge in [-0.05, 0) is 38.4 Å². The van der Waals surface area contributed by atoms with E-state index >= 15 is 0 Å². The molecule has 0 bridgehead atoms. The second-order valence-electron chi connectivity index (χ2n) is 7.00. The molecule has 5 nitrogen and oxygen atoms in total. The van der Waals surface area contributed by atoms with E-state index < -0.39 is 0 Å². The largest absolute Gasteiger partial charge is 0.301 e. The molecule has 3 rings (SSSR count). The van der Waals surface area contributed by atoms with Crippen LogP contribution >= 0.6 is 0 Å². The van der Waals surface area contributed by atoms with E-state index in [1.54, 1.807) is 0 Å². The number of imide groups is 1. The number of anilines is 1. The van der Waals surface area contributed by atoms with E-state index in [4.69, 9.17) is 0 Å². The van der Waals surface area contributed by atoms with Gasteiger partial charge >= 0.3 is 0 Å². The molecule has 0 N–H and O–H groups in total. The highest BCUT2D eigenvalue weighted by atomic mass is 16.2. The fourth-order valence-corrected chi connectivity index (χ4v) is 4.05. The first-order chi connectivity index (χ1) is 11.4. The predicted octanol–water partition coefficient (Wildman–Crippen LogP) is 1.88. The minimum atomic E-state index is -0.295. The van der Waals surface area contributed by atoms with Gasteiger partial charge in [-0.25, -0.2) is 4.90 Å². The van der Waals surface area contributed by atoms with E-state index in [0.717, 1.165) is 55.1 Å². The first kappa shape index (κ1) is 17.1. The van der Waals surface area contributed by atoms with Crippen LogP contribution in [0.15, 0.2) is 12.1 Å². The third-order valence-electron chi connectivity index (χ3n) is 5.28. The van der Waals surface area contributed by atoms with Crippen LogP contribution in [0, 0.1) is 20.8 Å². The molecule has 1 aromatic carbocycles. The Morgan fingerprint density at radius 2 is 1.58 bits per heavy atom. The smallest absolute Gasteiger partial charge is 0.251 e. The molecule has 24 heavy (non-hydrogen) atoms. The number of likely N-dealkylation sites (N-methyl/N-ethyl adjacent to an activating group) is 1. The monoisotopic (exact) mass is 329 g/mol. The molecule has 1 atom stereocenters. The van der Waals surface area contributed by atoms with Gasteiger partial charge in [-0.1, -0.05) is 24.6 Å². The summed E-state index contributed by atoms with van der Waals surface area (Å²) >= 11 is 0. The lowest BCUT2D eigenvalue weighted by Crippen LogP contribution is -2.52. The first-order valence-electron chi connectivity index (χ1n) is 8.83. The molecule has 0 aliphatic carbocycles. The summed E-state index contributed by atoms with van der Waals surface area (Å²) < 4.78 is 0.